The van der Waals surface area contributed by atoms with E-state index in [1.807, 2.05) is 24.3 Å². The molecule has 3 nitrogen and oxygen atoms in total. The normalized spacial score (nSPS) is 10.9. The number of imidazole rings is 1. The van der Waals surface area contributed by atoms with Gasteiger partial charge in [0.05, 0.1) is 11.0 Å². The Morgan fingerprint density at radius 3 is 2.56 bits per heavy atom. The first-order valence-electron chi connectivity index (χ1n) is 5.46. The molecule has 0 aliphatic rings. The Hall–Kier alpha value is -1.77. The van der Waals surface area contributed by atoms with Crippen LogP contribution in [0.4, 0.5) is 0 Å². The zero-order valence-electron chi connectivity index (χ0n) is 9.73. The van der Waals surface area contributed by atoms with Gasteiger partial charge in [0.1, 0.15) is 0 Å². The van der Waals surface area contributed by atoms with Crippen molar-refractivity contribution < 1.29 is 0 Å². The quantitative estimate of drug-likeness (QED) is 0.723. The molecule has 1 aromatic carbocycles. The van der Waals surface area contributed by atoms with Crippen LogP contribution in [0.5, 0.6) is 0 Å². The second-order valence-electron chi connectivity index (χ2n) is 4.02. The van der Waals surface area contributed by atoms with Crippen LogP contribution in [0.3, 0.4) is 0 Å². The first kappa shape index (κ1) is 10.7. The summed E-state index contributed by atoms with van der Waals surface area (Å²) < 4.78 is 3.46. The molecule has 0 radical (unpaired) electrons. The highest BCUT2D eigenvalue weighted by Crippen LogP contribution is 2.13. The fourth-order valence-corrected chi connectivity index (χ4v) is 1.85. The molecule has 0 bridgehead atoms. The lowest BCUT2D eigenvalue weighted by Crippen LogP contribution is -2.22. The van der Waals surface area contributed by atoms with Crippen LogP contribution in [0.15, 0.2) is 41.2 Å². The van der Waals surface area contributed by atoms with Gasteiger partial charge in [-0.25, -0.2) is 4.79 Å². The Labute approximate surface area is 94.6 Å². The van der Waals surface area contributed by atoms with Gasteiger partial charge in [-0.2, -0.15) is 0 Å². The molecule has 0 spiro atoms. The maximum Gasteiger partial charge on any atom is 0.329 e. The molecule has 0 atom stereocenters. The highest BCUT2D eigenvalue weighted by Gasteiger charge is 2.09. The number of para-hydroxylation sites is 2. The van der Waals surface area contributed by atoms with Gasteiger partial charge in [0, 0.05) is 13.6 Å². The van der Waals surface area contributed by atoms with E-state index in [1.54, 1.807) is 16.2 Å². The lowest BCUT2D eigenvalue weighted by atomic mass is 10.2. The first-order valence-corrected chi connectivity index (χ1v) is 5.46. The molecule has 0 fully saturated rings. The molecule has 0 saturated heterocycles. The van der Waals surface area contributed by atoms with Gasteiger partial charge < -0.3 is 0 Å². The number of aryl methyl sites for hydroxylation is 1. The van der Waals surface area contributed by atoms with Gasteiger partial charge in [-0.3, -0.25) is 9.13 Å². The van der Waals surface area contributed by atoms with Crippen molar-refractivity contribution in [2.45, 2.75) is 19.9 Å². The first-order chi connectivity index (χ1) is 7.65. The van der Waals surface area contributed by atoms with Crippen LogP contribution < -0.4 is 5.69 Å². The molecule has 0 saturated carbocycles. The Kier molecular flexibility index (Phi) is 2.69. The second-order valence-corrected chi connectivity index (χ2v) is 4.02. The third-order valence-corrected chi connectivity index (χ3v) is 2.93. The van der Waals surface area contributed by atoms with E-state index < -0.39 is 0 Å². The van der Waals surface area contributed by atoms with Crippen LogP contribution in [0.1, 0.15) is 13.3 Å². The van der Waals surface area contributed by atoms with Crippen molar-refractivity contribution in [1.82, 2.24) is 9.13 Å². The summed E-state index contributed by atoms with van der Waals surface area (Å²) >= 11 is 0. The topological polar surface area (TPSA) is 26.9 Å². The van der Waals surface area contributed by atoms with Crippen LogP contribution >= 0.6 is 0 Å². The van der Waals surface area contributed by atoms with Crippen molar-refractivity contribution in [2.24, 2.45) is 7.05 Å². The molecule has 3 heteroatoms. The Balaban J connectivity index is 2.64. The predicted molar refractivity (Wildman–Crippen MR) is 66.6 cm³/mol. The Bertz CT molecular complexity index is 589. The highest BCUT2D eigenvalue weighted by molar-refractivity contribution is 5.75. The van der Waals surface area contributed by atoms with Gasteiger partial charge in [0.15, 0.2) is 0 Å². The number of hydrogen-bond donors (Lipinski definition) is 0. The van der Waals surface area contributed by atoms with E-state index in [2.05, 4.69) is 13.5 Å². The van der Waals surface area contributed by atoms with Gasteiger partial charge in [-0.15, -0.1) is 0 Å². The standard InChI is InChI=1S/C13H16N2O/c1-4-10(2)9-15-12-8-6-5-7-11(12)14(3)13(15)16/h5-8H,2,4,9H2,1,3H3. The van der Waals surface area contributed by atoms with Crippen LogP contribution in [-0.4, -0.2) is 9.13 Å². The van der Waals surface area contributed by atoms with Crippen LogP contribution in [0, 0.1) is 0 Å². The molecule has 0 amide bonds. The number of benzene rings is 1. The van der Waals surface area contributed by atoms with Crippen molar-refractivity contribution >= 4 is 11.0 Å². The molecule has 0 unspecified atom stereocenters. The smallest absolute Gasteiger partial charge is 0.295 e. The average molecular weight is 216 g/mol. The van der Waals surface area contributed by atoms with Crippen molar-refractivity contribution in [3.63, 3.8) is 0 Å². The number of rotatable bonds is 3. The van der Waals surface area contributed by atoms with Gasteiger partial charge in [-0.1, -0.05) is 31.2 Å². The molecule has 1 heterocycles. The van der Waals surface area contributed by atoms with Gasteiger partial charge in [0.2, 0.25) is 0 Å². The summed E-state index contributed by atoms with van der Waals surface area (Å²) in [6.45, 7) is 6.62. The monoisotopic (exact) mass is 216 g/mol. The fourth-order valence-electron chi connectivity index (χ4n) is 1.85. The number of allylic oxidation sites excluding steroid dienone is 1. The van der Waals surface area contributed by atoms with Gasteiger partial charge in [-0.05, 0) is 18.6 Å². The molecular weight excluding hydrogens is 200 g/mol. The summed E-state index contributed by atoms with van der Waals surface area (Å²) in [6.07, 6.45) is 0.898. The third kappa shape index (κ3) is 1.58. The lowest BCUT2D eigenvalue weighted by molar-refractivity contribution is 0.714. The zero-order valence-corrected chi connectivity index (χ0v) is 9.73. The lowest BCUT2D eigenvalue weighted by Gasteiger charge is -2.03. The number of nitrogens with zero attached hydrogens (tertiary/aromatic N) is 2. The minimum absolute atomic E-state index is 0.0239. The summed E-state index contributed by atoms with van der Waals surface area (Å²) in [6, 6.07) is 7.83. The zero-order chi connectivity index (χ0) is 11.7. The minimum Gasteiger partial charge on any atom is -0.295 e. The molecular formula is C13H16N2O. The average Bonchev–Trinajstić information content (AvgIpc) is 2.55. The predicted octanol–water partition coefficient (Wildman–Crippen LogP) is 2.31. The van der Waals surface area contributed by atoms with Crippen LogP contribution in [0.25, 0.3) is 11.0 Å². The molecule has 84 valence electrons. The fraction of sp³-hybridized carbons (Fsp3) is 0.308. The molecule has 16 heavy (non-hydrogen) atoms. The van der Waals surface area contributed by atoms with E-state index >= 15 is 0 Å². The van der Waals surface area contributed by atoms with Crippen molar-refractivity contribution in [2.75, 3.05) is 0 Å². The van der Waals surface area contributed by atoms with Gasteiger partial charge in [0.25, 0.3) is 0 Å². The largest absolute Gasteiger partial charge is 0.329 e. The summed E-state index contributed by atoms with van der Waals surface area (Å²) in [7, 11) is 1.80. The van der Waals surface area contributed by atoms with E-state index in [0.717, 1.165) is 23.0 Å². The minimum atomic E-state index is 0.0239. The van der Waals surface area contributed by atoms with E-state index in [0.29, 0.717) is 6.54 Å². The van der Waals surface area contributed by atoms with Gasteiger partial charge >= 0.3 is 5.69 Å². The van der Waals surface area contributed by atoms with Crippen LogP contribution in [0.2, 0.25) is 0 Å². The van der Waals surface area contributed by atoms with Crippen molar-refractivity contribution in [3.05, 3.63) is 46.9 Å². The summed E-state index contributed by atoms with van der Waals surface area (Å²) in [4.78, 5) is 12.0. The van der Waals surface area contributed by atoms with E-state index in [1.165, 1.54) is 0 Å². The van der Waals surface area contributed by atoms with Crippen molar-refractivity contribution in [3.8, 4) is 0 Å². The molecule has 2 rings (SSSR count). The summed E-state index contributed by atoms with van der Waals surface area (Å²) in [5.74, 6) is 0. The Morgan fingerprint density at radius 2 is 1.94 bits per heavy atom. The molecule has 0 aliphatic heterocycles. The van der Waals surface area contributed by atoms with Crippen LogP contribution in [-0.2, 0) is 13.6 Å². The summed E-state index contributed by atoms with van der Waals surface area (Å²) in [5.41, 5.74) is 3.04. The molecule has 0 aliphatic carbocycles. The highest BCUT2D eigenvalue weighted by atomic mass is 16.1. The number of hydrogen-bond acceptors (Lipinski definition) is 1. The maximum absolute atomic E-state index is 12.0. The molecule has 1 aromatic heterocycles. The third-order valence-electron chi connectivity index (χ3n) is 2.93. The molecule has 0 N–H and O–H groups in total. The molecule has 2 aromatic rings. The summed E-state index contributed by atoms with van der Waals surface area (Å²) in [5, 5.41) is 0. The number of fused-ring (bicyclic) bond motifs is 1. The number of aromatic nitrogens is 2. The van der Waals surface area contributed by atoms with E-state index in [4.69, 9.17) is 0 Å². The second kappa shape index (κ2) is 4.00. The Morgan fingerprint density at radius 1 is 1.31 bits per heavy atom. The van der Waals surface area contributed by atoms with Crippen molar-refractivity contribution in [1.29, 1.82) is 0 Å². The SMILES string of the molecule is C=C(CC)Cn1c(=O)n(C)c2ccccc21. The van der Waals surface area contributed by atoms with E-state index in [9.17, 15) is 4.79 Å². The maximum atomic E-state index is 12.0. The van der Waals surface area contributed by atoms with E-state index in [-0.39, 0.29) is 5.69 Å².